The van der Waals surface area contributed by atoms with Gasteiger partial charge in [0.2, 0.25) is 5.82 Å². The number of para-hydroxylation sites is 2. The third-order valence-corrected chi connectivity index (χ3v) is 3.53. The van der Waals surface area contributed by atoms with Crippen LogP contribution in [0.25, 0.3) is 11.0 Å². The molecule has 0 fully saturated rings. The second kappa shape index (κ2) is 6.65. The standard InChI is InChI=1S/C17H11F3N4O/c1-25-17-15(19)10(18)8-13(16(17)20)24(7-6-21)14-9-22-11-4-2-3-5-12(11)23-14/h2-5,8-9H,7H2,1H3. The highest BCUT2D eigenvalue weighted by atomic mass is 19.2. The van der Waals surface area contributed by atoms with E-state index in [1.54, 1.807) is 24.3 Å². The number of hydrogen-bond acceptors (Lipinski definition) is 5. The van der Waals surface area contributed by atoms with Gasteiger partial charge in [0.05, 0.1) is 36.1 Å². The van der Waals surface area contributed by atoms with E-state index >= 15 is 0 Å². The molecule has 0 saturated carbocycles. The molecular formula is C17H11F3N4O. The Morgan fingerprint density at radius 1 is 1.16 bits per heavy atom. The second-order valence-electron chi connectivity index (χ2n) is 5.00. The van der Waals surface area contributed by atoms with Crippen LogP contribution in [-0.4, -0.2) is 23.6 Å². The number of hydrogen-bond donors (Lipinski definition) is 0. The number of nitriles is 1. The van der Waals surface area contributed by atoms with E-state index in [2.05, 4.69) is 14.7 Å². The first-order chi connectivity index (χ1) is 12.1. The number of fused-ring (bicyclic) bond motifs is 1. The normalized spacial score (nSPS) is 10.5. The van der Waals surface area contributed by atoms with Crippen LogP contribution in [0.1, 0.15) is 0 Å². The molecule has 0 amide bonds. The average molecular weight is 344 g/mol. The SMILES string of the molecule is COc1c(F)c(F)cc(N(CC#N)c2cnc3ccccc3n2)c1F. The first kappa shape index (κ1) is 16.5. The lowest BCUT2D eigenvalue weighted by atomic mass is 10.2. The predicted octanol–water partition coefficient (Wildman–Crippen LogP) is 3.72. The third kappa shape index (κ3) is 2.92. The molecule has 0 spiro atoms. The summed E-state index contributed by atoms with van der Waals surface area (Å²) in [4.78, 5) is 9.59. The number of nitrogens with zero attached hydrogens (tertiary/aromatic N) is 4. The molecule has 0 aliphatic carbocycles. The Balaban J connectivity index is 2.19. The minimum absolute atomic E-state index is 0.118. The monoisotopic (exact) mass is 344 g/mol. The maximum Gasteiger partial charge on any atom is 0.203 e. The van der Waals surface area contributed by atoms with Crippen molar-refractivity contribution >= 4 is 22.5 Å². The first-order valence-electron chi connectivity index (χ1n) is 7.14. The molecule has 5 nitrogen and oxygen atoms in total. The summed E-state index contributed by atoms with van der Waals surface area (Å²) in [5.74, 6) is -4.62. The molecule has 126 valence electrons. The van der Waals surface area contributed by atoms with Crippen LogP contribution in [0.5, 0.6) is 5.75 Å². The van der Waals surface area contributed by atoms with Gasteiger partial charge in [-0.1, -0.05) is 12.1 Å². The zero-order chi connectivity index (χ0) is 18.0. The van der Waals surface area contributed by atoms with Crippen molar-refractivity contribution in [1.29, 1.82) is 5.26 Å². The van der Waals surface area contributed by atoms with Crippen molar-refractivity contribution in [2.75, 3.05) is 18.6 Å². The third-order valence-electron chi connectivity index (χ3n) is 3.53. The molecule has 0 aliphatic heterocycles. The molecule has 2 aromatic carbocycles. The van der Waals surface area contributed by atoms with Crippen molar-refractivity contribution in [3.05, 3.63) is 54.0 Å². The van der Waals surface area contributed by atoms with Crippen LogP contribution in [0.2, 0.25) is 0 Å². The number of benzene rings is 2. The van der Waals surface area contributed by atoms with Crippen LogP contribution >= 0.6 is 0 Å². The molecule has 3 rings (SSSR count). The van der Waals surface area contributed by atoms with Crippen LogP contribution < -0.4 is 9.64 Å². The molecule has 1 heterocycles. The number of halogens is 3. The summed E-state index contributed by atoms with van der Waals surface area (Å²) < 4.78 is 46.6. The van der Waals surface area contributed by atoms with Gasteiger partial charge in [-0.15, -0.1) is 0 Å². The minimum atomic E-state index is -1.44. The fourth-order valence-corrected chi connectivity index (χ4v) is 2.38. The smallest absolute Gasteiger partial charge is 0.203 e. The summed E-state index contributed by atoms with van der Waals surface area (Å²) in [6.07, 6.45) is 1.33. The highest BCUT2D eigenvalue weighted by Gasteiger charge is 2.24. The van der Waals surface area contributed by atoms with E-state index < -0.39 is 23.2 Å². The van der Waals surface area contributed by atoms with Gasteiger partial charge in [0.1, 0.15) is 6.54 Å². The van der Waals surface area contributed by atoms with Gasteiger partial charge < -0.3 is 9.64 Å². The highest BCUT2D eigenvalue weighted by Crippen LogP contribution is 2.35. The maximum absolute atomic E-state index is 14.6. The molecule has 0 saturated heterocycles. The van der Waals surface area contributed by atoms with Crippen LogP contribution in [-0.2, 0) is 0 Å². The van der Waals surface area contributed by atoms with Gasteiger partial charge in [-0.3, -0.25) is 4.98 Å². The number of rotatable bonds is 4. The maximum atomic E-state index is 14.6. The van der Waals surface area contributed by atoms with E-state index in [1.165, 1.54) is 6.20 Å². The molecule has 0 aliphatic rings. The van der Waals surface area contributed by atoms with E-state index in [4.69, 9.17) is 5.26 Å². The lowest BCUT2D eigenvalue weighted by Crippen LogP contribution is -2.21. The molecule has 0 bridgehead atoms. The molecule has 0 atom stereocenters. The van der Waals surface area contributed by atoms with Gasteiger partial charge in [-0.2, -0.15) is 9.65 Å². The Morgan fingerprint density at radius 2 is 1.88 bits per heavy atom. The fraction of sp³-hybridized carbons (Fsp3) is 0.118. The van der Waals surface area contributed by atoms with Crippen molar-refractivity contribution in [2.45, 2.75) is 0 Å². The van der Waals surface area contributed by atoms with Crippen molar-refractivity contribution in [1.82, 2.24) is 9.97 Å². The van der Waals surface area contributed by atoms with Gasteiger partial charge in [-0.05, 0) is 12.1 Å². The zero-order valence-corrected chi connectivity index (χ0v) is 13.0. The molecule has 0 unspecified atom stereocenters. The van der Waals surface area contributed by atoms with Crippen LogP contribution in [0.3, 0.4) is 0 Å². The van der Waals surface area contributed by atoms with E-state index in [9.17, 15) is 13.2 Å². The van der Waals surface area contributed by atoms with Crippen molar-refractivity contribution in [3.8, 4) is 11.8 Å². The molecule has 0 radical (unpaired) electrons. The second-order valence-corrected chi connectivity index (χ2v) is 5.00. The van der Waals surface area contributed by atoms with E-state index in [0.717, 1.165) is 12.0 Å². The topological polar surface area (TPSA) is 62.0 Å². The van der Waals surface area contributed by atoms with E-state index in [1.807, 2.05) is 6.07 Å². The van der Waals surface area contributed by atoms with Gasteiger partial charge in [-0.25, -0.2) is 13.8 Å². The number of anilines is 2. The van der Waals surface area contributed by atoms with Crippen molar-refractivity contribution < 1.29 is 17.9 Å². The predicted molar refractivity (Wildman–Crippen MR) is 85.0 cm³/mol. The Labute approximate surface area is 140 Å². The Hall–Kier alpha value is -3.34. The van der Waals surface area contributed by atoms with Gasteiger partial charge >= 0.3 is 0 Å². The minimum Gasteiger partial charge on any atom is -0.491 e. The molecule has 8 heteroatoms. The molecule has 3 aromatic rings. The van der Waals surface area contributed by atoms with E-state index in [-0.39, 0.29) is 18.1 Å². The first-order valence-corrected chi connectivity index (χ1v) is 7.14. The Kier molecular flexibility index (Phi) is 4.39. The van der Waals surface area contributed by atoms with Crippen LogP contribution in [0.4, 0.5) is 24.7 Å². The fourth-order valence-electron chi connectivity index (χ4n) is 2.38. The number of aromatic nitrogens is 2. The van der Waals surface area contributed by atoms with Crippen LogP contribution in [0, 0.1) is 28.8 Å². The largest absolute Gasteiger partial charge is 0.491 e. The lowest BCUT2D eigenvalue weighted by molar-refractivity contribution is 0.347. The van der Waals surface area contributed by atoms with E-state index in [0.29, 0.717) is 17.1 Å². The summed E-state index contributed by atoms with van der Waals surface area (Å²) in [7, 11) is 1.02. The van der Waals surface area contributed by atoms with Crippen molar-refractivity contribution in [3.63, 3.8) is 0 Å². The van der Waals surface area contributed by atoms with Crippen LogP contribution in [0.15, 0.2) is 36.5 Å². The average Bonchev–Trinajstić information content (AvgIpc) is 2.63. The Morgan fingerprint density at radius 3 is 2.56 bits per heavy atom. The van der Waals surface area contributed by atoms with Gasteiger partial charge in [0, 0.05) is 6.07 Å². The summed E-state index contributed by atoms with van der Waals surface area (Å²) >= 11 is 0. The quantitative estimate of drug-likeness (QED) is 0.533. The lowest BCUT2D eigenvalue weighted by Gasteiger charge is -2.22. The molecule has 25 heavy (non-hydrogen) atoms. The zero-order valence-electron chi connectivity index (χ0n) is 13.0. The highest BCUT2D eigenvalue weighted by molar-refractivity contribution is 5.76. The van der Waals surface area contributed by atoms with Gasteiger partial charge in [0.25, 0.3) is 0 Å². The Bertz CT molecular complexity index is 988. The number of methoxy groups -OCH3 is 1. The molecule has 1 aromatic heterocycles. The summed E-state index contributed by atoms with van der Waals surface area (Å²) in [5.41, 5.74) is 0.742. The molecular weight excluding hydrogens is 333 g/mol. The van der Waals surface area contributed by atoms with Crippen molar-refractivity contribution in [2.24, 2.45) is 0 Å². The number of ether oxygens (including phenoxy) is 1. The summed E-state index contributed by atoms with van der Waals surface area (Å²) in [6.45, 7) is -0.349. The summed E-state index contributed by atoms with van der Waals surface area (Å²) in [6, 6.07) is 9.46. The van der Waals surface area contributed by atoms with Gasteiger partial charge in [0.15, 0.2) is 23.2 Å². The summed E-state index contributed by atoms with van der Waals surface area (Å²) in [5, 5.41) is 9.05. The molecule has 0 N–H and O–H groups in total.